The van der Waals surface area contributed by atoms with Gasteiger partial charge in [-0.3, -0.25) is 9.78 Å². The Hall–Kier alpha value is -3.68. The van der Waals surface area contributed by atoms with Gasteiger partial charge in [0.2, 0.25) is 0 Å². The van der Waals surface area contributed by atoms with E-state index >= 15 is 0 Å². The van der Waals surface area contributed by atoms with Crippen molar-refractivity contribution in [3.8, 4) is 22.8 Å². The average Bonchev–Trinajstić information content (AvgIpc) is 2.83. The molecule has 0 radical (unpaired) electrons. The van der Waals surface area contributed by atoms with Gasteiger partial charge in [0, 0.05) is 37.9 Å². The number of carbonyl (C=O) groups excluding carboxylic acids is 1. The Balaban J connectivity index is 1.29. The van der Waals surface area contributed by atoms with Gasteiger partial charge in [0.25, 0.3) is 5.91 Å². The fraction of sp³-hybridized carbons (Fsp3) is 0.273. The summed E-state index contributed by atoms with van der Waals surface area (Å²) >= 11 is 0. The maximum atomic E-state index is 12.4. The van der Waals surface area contributed by atoms with Gasteiger partial charge in [0.15, 0.2) is 12.4 Å². The molecule has 0 N–H and O–H groups in total. The highest BCUT2D eigenvalue weighted by Crippen LogP contribution is 2.22. The summed E-state index contributed by atoms with van der Waals surface area (Å²) in [5.41, 5.74) is 1.79. The second-order valence-corrected chi connectivity index (χ2v) is 6.85. The number of pyridine rings is 1. The second kappa shape index (κ2) is 9.21. The maximum absolute atomic E-state index is 12.4. The molecule has 3 aromatic rings. The van der Waals surface area contributed by atoms with Crippen molar-refractivity contribution in [1.29, 1.82) is 0 Å². The van der Waals surface area contributed by atoms with Crippen molar-refractivity contribution >= 4 is 11.7 Å². The number of nitrogens with zero attached hydrogens (tertiary/aromatic N) is 5. The van der Waals surface area contributed by atoms with Crippen molar-refractivity contribution in [3.63, 3.8) is 0 Å². The highest BCUT2D eigenvalue weighted by atomic mass is 16.5. The van der Waals surface area contributed by atoms with Gasteiger partial charge in [-0.1, -0.05) is 0 Å². The number of piperazine rings is 1. The first-order valence-corrected chi connectivity index (χ1v) is 9.76. The van der Waals surface area contributed by atoms with Gasteiger partial charge >= 0.3 is 0 Å². The molecular weight excluding hydrogens is 382 g/mol. The molecule has 4 rings (SSSR count). The first-order chi connectivity index (χ1) is 14.7. The van der Waals surface area contributed by atoms with Crippen LogP contribution in [0.15, 0.2) is 60.9 Å². The number of aromatic nitrogens is 3. The smallest absolute Gasteiger partial charge is 0.260 e. The van der Waals surface area contributed by atoms with Crippen LogP contribution in [0, 0.1) is 0 Å². The van der Waals surface area contributed by atoms with E-state index in [0.717, 1.165) is 22.8 Å². The summed E-state index contributed by atoms with van der Waals surface area (Å²) in [4.78, 5) is 20.3. The second-order valence-electron chi connectivity index (χ2n) is 6.85. The number of hydrogen-bond acceptors (Lipinski definition) is 7. The molecule has 1 aliphatic heterocycles. The van der Waals surface area contributed by atoms with Crippen LogP contribution in [0.5, 0.6) is 11.5 Å². The van der Waals surface area contributed by atoms with Crippen LogP contribution in [0.2, 0.25) is 0 Å². The zero-order valence-corrected chi connectivity index (χ0v) is 16.8. The Morgan fingerprint density at radius 3 is 2.40 bits per heavy atom. The SMILES string of the molecule is COc1ccc(-c2ccc(N3CCN(C(=O)COc4cccnc4)CC3)nn2)cc1. The van der Waals surface area contributed by atoms with E-state index in [4.69, 9.17) is 9.47 Å². The Labute approximate surface area is 175 Å². The minimum atomic E-state index is -0.0283. The quantitative estimate of drug-likeness (QED) is 0.622. The van der Waals surface area contributed by atoms with E-state index in [1.165, 1.54) is 0 Å². The fourth-order valence-corrected chi connectivity index (χ4v) is 3.26. The van der Waals surface area contributed by atoms with Crippen molar-refractivity contribution in [2.75, 3.05) is 44.8 Å². The molecule has 3 heterocycles. The minimum Gasteiger partial charge on any atom is -0.497 e. The lowest BCUT2D eigenvalue weighted by Gasteiger charge is -2.35. The number of methoxy groups -OCH3 is 1. The predicted octanol–water partition coefficient (Wildman–Crippen LogP) is 2.27. The molecular formula is C22H23N5O3. The number of benzene rings is 1. The van der Waals surface area contributed by atoms with Gasteiger partial charge in [0.05, 0.1) is 19.0 Å². The molecule has 0 atom stereocenters. The molecule has 1 amide bonds. The third-order valence-electron chi connectivity index (χ3n) is 4.99. The third kappa shape index (κ3) is 4.65. The Morgan fingerprint density at radius 1 is 0.967 bits per heavy atom. The summed E-state index contributed by atoms with van der Waals surface area (Å²) < 4.78 is 10.7. The van der Waals surface area contributed by atoms with Crippen LogP contribution in [-0.2, 0) is 4.79 Å². The number of rotatable bonds is 6. The summed E-state index contributed by atoms with van der Waals surface area (Å²) in [7, 11) is 1.64. The van der Waals surface area contributed by atoms with Crippen LogP contribution in [0.1, 0.15) is 0 Å². The number of hydrogen-bond donors (Lipinski definition) is 0. The van der Waals surface area contributed by atoms with Crippen molar-refractivity contribution in [1.82, 2.24) is 20.1 Å². The van der Waals surface area contributed by atoms with E-state index in [2.05, 4.69) is 20.1 Å². The Morgan fingerprint density at radius 2 is 1.77 bits per heavy atom. The molecule has 0 aliphatic carbocycles. The van der Waals surface area contributed by atoms with E-state index in [1.54, 1.807) is 31.6 Å². The minimum absolute atomic E-state index is 0.0159. The van der Waals surface area contributed by atoms with Crippen LogP contribution >= 0.6 is 0 Å². The molecule has 30 heavy (non-hydrogen) atoms. The number of anilines is 1. The number of amides is 1. The normalized spacial score (nSPS) is 13.8. The van der Waals surface area contributed by atoms with Crippen molar-refractivity contribution < 1.29 is 14.3 Å². The van der Waals surface area contributed by atoms with Gasteiger partial charge in [-0.15, -0.1) is 10.2 Å². The van der Waals surface area contributed by atoms with E-state index in [-0.39, 0.29) is 12.5 Å². The average molecular weight is 405 g/mol. The van der Waals surface area contributed by atoms with Crippen LogP contribution < -0.4 is 14.4 Å². The zero-order chi connectivity index (χ0) is 20.8. The number of ether oxygens (including phenoxy) is 2. The largest absolute Gasteiger partial charge is 0.497 e. The molecule has 1 aromatic carbocycles. The van der Waals surface area contributed by atoms with Gasteiger partial charge in [-0.2, -0.15) is 0 Å². The van der Waals surface area contributed by atoms with Crippen LogP contribution in [-0.4, -0.2) is 65.9 Å². The van der Waals surface area contributed by atoms with E-state index in [0.29, 0.717) is 31.9 Å². The molecule has 8 heteroatoms. The van der Waals surface area contributed by atoms with Gasteiger partial charge in [-0.25, -0.2) is 0 Å². The van der Waals surface area contributed by atoms with Gasteiger partial charge in [-0.05, 0) is 48.5 Å². The molecule has 0 bridgehead atoms. The molecule has 1 aliphatic rings. The van der Waals surface area contributed by atoms with Gasteiger partial charge in [0.1, 0.15) is 11.5 Å². The monoisotopic (exact) mass is 405 g/mol. The summed E-state index contributed by atoms with van der Waals surface area (Å²) in [5.74, 6) is 2.18. The maximum Gasteiger partial charge on any atom is 0.260 e. The lowest BCUT2D eigenvalue weighted by atomic mass is 10.1. The van der Waals surface area contributed by atoms with Crippen LogP contribution in [0.25, 0.3) is 11.3 Å². The summed E-state index contributed by atoms with van der Waals surface area (Å²) in [6.07, 6.45) is 3.26. The van der Waals surface area contributed by atoms with E-state index < -0.39 is 0 Å². The molecule has 0 unspecified atom stereocenters. The first-order valence-electron chi connectivity index (χ1n) is 9.76. The molecule has 1 fully saturated rings. The number of carbonyl (C=O) groups is 1. The zero-order valence-electron chi connectivity index (χ0n) is 16.8. The molecule has 0 saturated carbocycles. The van der Waals surface area contributed by atoms with E-state index in [9.17, 15) is 4.79 Å². The van der Waals surface area contributed by atoms with Crippen molar-refractivity contribution in [2.45, 2.75) is 0 Å². The van der Waals surface area contributed by atoms with Gasteiger partial charge < -0.3 is 19.3 Å². The summed E-state index contributed by atoms with van der Waals surface area (Å²) in [5, 5.41) is 8.73. The lowest BCUT2D eigenvalue weighted by Crippen LogP contribution is -2.50. The summed E-state index contributed by atoms with van der Waals surface area (Å²) in [6.45, 7) is 2.67. The van der Waals surface area contributed by atoms with E-state index in [1.807, 2.05) is 41.3 Å². The molecule has 2 aromatic heterocycles. The Kier molecular flexibility index (Phi) is 6.03. The topological polar surface area (TPSA) is 80.7 Å². The lowest BCUT2D eigenvalue weighted by molar-refractivity contribution is -0.133. The van der Waals surface area contributed by atoms with Crippen LogP contribution in [0.3, 0.4) is 0 Å². The van der Waals surface area contributed by atoms with Crippen LogP contribution in [0.4, 0.5) is 5.82 Å². The van der Waals surface area contributed by atoms with Crippen molar-refractivity contribution in [3.05, 3.63) is 60.9 Å². The third-order valence-corrected chi connectivity index (χ3v) is 4.99. The fourth-order valence-electron chi connectivity index (χ4n) is 3.26. The molecule has 0 spiro atoms. The molecule has 1 saturated heterocycles. The summed E-state index contributed by atoms with van der Waals surface area (Å²) in [6, 6.07) is 15.2. The predicted molar refractivity (Wildman–Crippen MR) is 113 cm³/mol. The highest BCUT2D eigenvalue weighted by molar-refractivity contribution is 5.78. The standard InChI is InChI=1S/C22H23N5O3/c1-29-18-6-4-17(5-7-18)20-8-9-21(25-24-20)26-11-13-27(14-12-26)22(28)16-30-19-3-2-10-23-15-19/h2-10,15H,11-14,16H2,1H3. The first kappa shape index (κ1) is 19.6. The van der Waals surface area contributed by atoms with Crippen molar-refractivity contribution in [2.24, 2.45) is 0 Å². The highest BCUT2D eigenvalue weighted by Gasteiger charge is 2.22. The Bertz CT molecular complexity index is 956. The molecule has 154 valence electrons. The molecule has 8 nitrogen and oxygen atoms in total.